The van der Waals surface area contributed by atoms with Gasteiger partial charge in [-0.1, -0.05) is 54.6 Å². The molecular formula is C24H23NO4. The van der Waals surface area contributed by atoms with Crippen LogP contribution in [0.25, 0.3) is 0 Å². The predicted octanol–water partition coefficient (Wildman–Crippen LogP) is 4.47. The summed E-state index contributed by atoms with van der Waals surface area (Å²) in [4.78, 5) is 25.1. The number of methoxy groups -OCH3 is 1. The number of hydrogen-bond acceptors (Lipinski definition) is 4. The smallest absolute Gasteiger partial charge is 0.339 e. The van der Waals surface area contributed by atoms with Crippen molar-refractivity contribution in [2.75, 3.05) is 12.4 Å². The van der Waals surface area contributed by atoms with Crippen molar-refractivity contribution in [3.05, 3.63) is 95.6 Å². The van der Waals surface area contributed by atoms with Crippen LogP contribution in [0.3, 0.4) is 0 Å². The minimum Gasteiger partial charge on any atom is -0.497 e. The van der Waals surface area contributed by atoms with Crippen molar-refractivity contribution in [1.29, 1.82) is 0 Å². The molecule has 0 aliphatic carbocycles. The number of amides is 1. The van der Waals surface area contributed by atoms with Crippen LogP contribution in [0, 0.1) is 0 Å². The molecule has 0 aliphatic rings. The first kappa shape index (κ1) is 20.1. The van der Waals surface area contributed by atoms with Crippen LogP contribution >= 0.6 is 0 Å². The third kappa shape index (κ3) is 5.45. The highest BCUT2D eigenvalue weighted by Gasteiger charge is 2.21. The lowest BCUT2D eigenvalue weighted by molar-refractivity contribution is -0.123. The molecule has 0 fully saturated rings. The fraction of sp³-hybridized carbons (Fsp3) is 0.167. The maximum absolute atomic E-state index is 12.7. The summed E-state index contributed by atoms with van der Waals surface area (Å²) in [5.41, 5.74) is 2.97. The molecule has 0 saturated heterocycles. The summed E-state index contributed by atoms with van der Waals surface area (Å²) in [6.07, 6.45) is -0.338. The van der Waals surface area contributed by atoms with Gasteiger partial charge in [-0.2, -0.15) is 0 Å². The number of carbonyl (C=O) groups is 2. The van der Waals surface area contributed by atoms with Gasteiger partial charge in [0.05, 0.1) is 12.7 Å². The second-order valence-corrected chi connectivity index (χ2v) is 6.59. The molecule has 1 N–H and O–H groups in total. The molecule has 3 rings (SSSR count). The van der Waals surface area contributed by atoms with Crippen LogP contribution in [0.15, 0.2) is 78.9 Å². The minimum atomic E-state index is -0.946. The maximum Gasteiger partial charge on any atom is 0.339 e. The van der Waals surface area contributed by atoms with Crippen LogP contribution < -0.4 is 10.1 Å². The van der Waals surface area contributed by atoms with E-state index in [1.807, 2.05) is 42.5 Å². The average Bonchev–Trinajstić information content (AvgIpc) is 2.75. The molecule has 1 atom stereocenters. The van der Waals surface area contributed by atoms with Gasteiger partial charge in [0.1, 0.15) is 5.75 Å². The fourth-order valence-corrected chi connectivity index (χ4v) is 2.91. The Kier molecular flexibility index (Phi) is 6.63. The highest BCUT2D eigenvalue weighted by atomic mass is 16.5. The summed E-state index contributed by atoms with van der Waals surface area (Å²) in [5, 5.41) is 2.73. The number of hydrogen-bond donors (Lipinski definition) is 1. The summed E-state index contributed by atoms with van der Waals surface area (Å²) in [7, 11) is 1.55. The van der Waals surface area contributed by atoms with Gasteiger partial charge in [-0.25, -0.2) is 4.79 Å². The SMILES string of the molecule is COc1cccc(NC(=O)[C@H](C)OC(=O)c2ccccc2Cc2ccccc2)c1. The Labute approximate surface area is 170 Å². The number of anilines is 1. The van der Waals surface area contributed by atoms with Crippen molar-refractivity contribution in [1.82, 2.24) is 0 Å². The van der Waals surface area contributed by atoms with Gasteiger partial charge >= 0.3 is 5.97 Å². The largest absolute Gasteiger partial charge is 0.497 e. The van der Waals surface area contributed by atoms with Crippen molar-refractivity contribution < 1.29 is 19.1 Å². The molecule has 0 radical (unpaired) electrons. The van der Waals surface area contributed by atoms with Gasteiger partial charge in [-0.05, 0) is 42.7 Å². The lowest BCUT2D eigenvalue weighted by atomic mass is 10.00. The van der Waals surface area contributed by atoms with E-state index in [0.29, 0.717) is 23.4 Å². The Bertz CT molecular complexity index is 985. The van der Waals surface area contributed by atoms with E-state index in [-0.39, 0.29) is 0 Å². The van der Waals surface area contributed by atoms with E-state index in [0.717, 1.165) is 11.1 Å². The summed E-state index contributed by atoms with van der Waals surface area (Å²) in [5.74, 6) is -0.306. The lowest BCUT2D eigenvalue weighted by Gasteiger charge is -2.15. The molecule has 0 heterocycles. The number of nitrogens with one attached hydrogen (secondary N) is 1. The summed E-state index contributed by atoms with van der Waals surface area (Å²) in [6, 6.07) is 24.1. The Balaban J connectivity index is 1.67. The summed E-state index contributed by atoms with van der Waals surface area (Å²) < 4.78 is 10.6. The average molecular weight is 389 g/mol. The zero-order valence-electron chi connectivity index (χ0n) is 16.4. The molecule has 1 amide bonds. The molecule has 148 valence electrons. The quantitative estimate of drug-likeness (QED) is 0.606. The molecule has 0 unspecified atom stereocenters. The van der Waals surface area contributed by atoms with Gasteiger partial charge in [0.15, 0.2) is 6.10 Å². The van der Waals surface area contributed by atoms with Gasteiger partial charge in [0, 0.05) is 11.8 Å². The molecule has 3 aromatic carbocycles. The second-order valence-electron chi connectivity index (χ2n) is 6.59. The number of ether oxygens (including phenoxy) is 2. The Morgan fingerprint density at radius 1 is 0.931 bits per heavy atom. The number of carbonyl (C=O) groups excluding carboxylic acids is 2. The number of esters is 1. The van der Waals surface area contributed by atoms with Crippen LogP contribution in [0.1, 0.15) is 28.4 Å². The van der Waals surface area contributed by atoms with Gasteiger partial charge < -0.3 is 14.8 Å². The van der Waals surface area contributed by atoms with Crippen LogP contribution in [0.5, 0.6) is 5.75 Å². The zero-order chi connectivity index (χ0) is 20.6. The fourth-order valence-electron chi connectivity index (χ4n) is 2.91. The summed E-state index contributed by atoms with van der Waals surface area (Å²) >= 11 is 0. The van der Waals surface area contributed by atoms with Crippen LogP contribution in [-0.2, 0) is 16.0 Å². The van der Waals surface area contributed by atoms with E-state index in [4.69, 9.17) is 9.47 Å². The van der Waals surface area contributed by atoms with Crippen LogP contribution in [0.2, 0.25) is 0 Å². The van der Waals surface area contributed by atoms with E-state index in [1.54, 1.807) is 50.4 Å². The first-order valence-corrected chi connectivity index (χ1v) is 9.34. The molecule has 0 saturated carbocycles. The lowest BCUT2D eigenvalue weighted by Crippen LogP contribution is -2.30. The molecule has 0 bridgehead atoms. The Hall–Kier alpha value is -3.60. The highest BCUT2D eigenvalue weighted by molar-refractivity contribution is 5.98. The highest BCUT2D eigenvalue weighted by Crippen LogP contribution is 2.18. The van der Waals surface area contributed by atoms with Gasteiger partial charge in [0.2, 0.25) is 0 Å². The maximum atomic E-state index is 12.7. The van der Waals surface area contributed by atoms with Crippen molar-refractivity contribution in [2.24, 2.45) is 0 Å². The molecular weight excluding hydrogens is 366 g/mol. The molecule has 29 heavy (non-hydrogen) atoms. The first-order valence-electron chi connectivity index (χ1n) is 9.34. The summed E-state index contributed by atoms with van der Waals surface area (Å²) in [6.45, 7) is 1.55. The zero-order valence-corrected chi connectivity index (χ0v) is 16.4. The molecule has 5 nitrogen and oxygen atoms in total. The molecule has 0 spiro atoms. The van der Waals surface area contributed by atoms with E-state index in [9.17, 15) is 9.59 Å². The van der Waals surface area contributed by atoms with E-state index < -0.39 is 18.0 Å². The number of benzene rings is 3. The molecule has 0 aliphatic heterocycles. The third-order valence-electron chi connectivity index (χ3n) is 4.46. The standard InChI is InChI=1S/C24H23NO4/c1-17(23(26)25-20-12-8-13-21(16-20)28-2)29-24(27)22-14-7-6-11-19(22)15-18-9-4-3-5-10-18/h3-14,16-17H,15H2,1-2H3,(H,25,26)/t17-/m0/s1. The topological polar surface area (TPSA) is 64.6 Å². The Morgan fingerprint density at radius 2 is 1.66 bits per heavy atom. The molecule has 3 aromatic rings. The van der Waals surface area contributed by atoms with Gasteiger partial charge in [-0.15, -0.1) is 0 Å². The van der Waals surface area contributed by atoms with Crippen molar-refractivity contribution >= 4 is 17.6 Å². The molecule has 5 heteroatoms. The van der Waals surface area contributed by atoms with E-state index in [2.05, 4.69) is 5.32 Å². The number of rotatable bonds is 7. The first-order chi connectivity index (χ1) is 14.1. The predicted molar refractivity (Wildman–Crippen MR) is 112 cm³/mol. The van der Waals surface area contributed by atoms with Crippen LogP contribution in [-0.4, -0.2) is 25.1 Å². The van der Waals surface area contributed by atoms with Gasteiger partial charge in [-0.3, -0.25) is 4.79 Å². The monoisotopic (exact) mass is 389 g/mol. The van der Waals surface area contributed by atoms with Crippen LogP contribution in [0.4, 0.5) is 5.69 Å². The van der Waals surface area contributed by atoms with Crippen molar-refractivity contribution in [3.63, 3.8) is 0 Å². The van der Waals surface area contributed by atoms with Crippen molar-refractivity contribution in [2.45, 2.75) is 19.4 Å². The van der Waals surface area contributed by atoms with E-state index in [1.165, 1.54) is 0 Å². The molecule has 0 aromatic heterocycles. The third-order valence-corrected chi connectivity index (χ3v) is 4.46. The van der Waals surface area contributed by atoms with Crippen molar-refractivity contribution in [3.8, 4) is 5.75 Å². The van der Waals surface area contributed by atoms with E-state index >= 15 is 0 Å². The minimum absolute atomic E-state index is 0.410. The Morgan fingerprint density at radius 3 is 2.41 bits per heavy atom. The second kappa shape index (κ2) is 9.55. The van der Waals surface area contributed by atoms with Gasteiger partial charge in [0.25, 0.3) is 5.91 Å². The normalized spacial score (nSPS) is 11.4.